The SMILES string of the molecule is O=[N+]([O-])c1ccc(OC[B-](F)(F)F)c(Cl)c1.[K+]. The van der Waals surface area contributed by atoms with Crippen molar-refractivity contribution in [2.75, 3.05) is 6.51 Å². The quantitative estimate of drug-likeness (QED) is 0.447. The van der Waals surface area contributed by atoms with Gasteiger partial charge >= 0.3 is 58.4 Å². The molecule has 0 radical (unpaired) electrons. The van der Waals surface area contributed by atoms with Gasteiger partial charge in [-0.05, 0) is 6.07 Å². The second-order valence-electron chi connectivity index (χ2n) is 2.89. The van der Waals surface area contributed by atoms with Crippen LogP contribution in [0.25, 0.3) is 0 Å². The van der Waals surface area contributed by atoms with Crippen LogP contribution >= 0.6 is 11.6 Å². The molecule has 4 nitrogen and oxygen atoms in total. The van der Waals surface area contributed by atoms with Gasteiger partial charge in [0.2, 0.25) is 0 Å². The fourth-order valence-corrected chi connectivity index (χ4v) is 1.13. The molecule has 0 N–H and O–H groups in total. The van der Waals surface area contributed by atoms with Crippen LogP contribution in [0.3, 0.4) is 0 Å². The summed E-state index contributed by atoms with van der Waals surface area (Å²) in [6, 6.07) is 2.98. The zero-order chi connectivity index (χ0) is 12.3. The molecule has 0 atom stereocenters. The second kappa shape index (κ2) is 6.95. The van der Waals surface area contributed by atoms with Crippen molar-refractivity contribution in [2.24, 2.45) is 0 Å². The maximum atomic E-state index is 11.9. The first-order valence-corrected chi connectivity index (χ1v) is 4.45. The van der Waals surface area contributed by atoms with Crippen LogP contribution in [0.5, 0.6) is 5.75 Å². The normalized spacial score (nSPS) is 10.6. The standard InChI is InChI=1S/C7H5BClF3NO3.K/c9-6-3-5(13(14)15)1-2-7(6)16-4-8(10,11)12;/h1-3H,4H2;/q-1;+1. The minimum absolute atomic E-state index is 0. The molecule has 0 amide bonds. The Morgan fingerprint density at radius 1 is 1.41 bits per heavy atom. The van der Waals surface area contributed by atoms with E-state index in [-0.39, 0.29) is 67.8 Å². The topological polar surface area (TPSA) is 52.4 Å². The van der Waals surface area contributed by atoms with Crippen LogP contribution in [0.4, 0.5) is 18.6 Å². The first-order valence-electron chi connectivity index (χ1n) is 4.07. The van der Waals surface area contributed by atoms with E-state index in [4.69, 9.17) is 11.6 Å². The van der Waals surface area contributed by atoms with Crippen LogP contribution in [0.1, 0.15) is 0 Å². The zero-order valence-electron chi connectivity index (χ0n) is 8.70. The monoisotopic (exact) mass is 293 g/mol. The van der Waals surface area contributed by atoms with Crippen LogP contribution in [0.2, 0.25) is 5.02 Å². The number of nitro groups is 1. The smallest absolute Gasteiger partial charge is 0.520 e. The molecule has 1 aromatic carbocycles. The second-order valence-corrected chi connectivity index (χ2v) is 3.30. The Labute approximate surface area is 142 Å². The first kappa shape index (κ1) is 17.2. The van der Waals surface area contributed by atoms with Gasteiger partial charge in [-0.15, -0.1) is 0 Å². The maximum absolute atomic E-state index is 11.9. The fraction of sp³-hybridized carbons (Fsp3) is 0.143. The van der Waals surface area contributed by atoms with Crippen LogP contribution in [-0.4, -0.2) is 18.4 Å². The minimum Gasteiger partial charge on any atom is -0.520 e. The summed E-state index contributed by atoms with van der Waals surface area (Å²) < 4.78 is 40.0. The van der Waals surface area contributed by atoms with E-state index in [1.165, 1.54) is 0 Å². The number of benzene rings is 1. The van der Waals surface area contributed by atoms with E-state index in [1.807, 2.05) is 0 Å². The van der Waals surface area contributed by atoms with E-state index in [1.54, 1.807) is 0 Å². The van der Waals surface area contributed by atoms with Crippen LogP contribution in [0, 0.1) is 10.1 Å². The van der Waals surface area contributed by atoms with Crippen LogP contribution < -0.4 is 56.1 Å². The van der Waals surface area contributed by atoms with Gasteiger partial charge in [-0.2, -0.15) is 0 Å². The molecule has 0 saturated heterocycles. The Balaban J connectivity index is 0.00000256. The third kappa shape index (κ3) is 6.07. The zero-order valence-corrected chi connectivity index (χ0v) is 12.6. The number of hydrogen-bond acceptors (Lipinski definition) is 3. The van der Waals surface area contributed by atoms with E-state index >= 15 is 0 Å². The molecule has 1 aromatic rings. The molecule has 0 aliphatic rings. The number of nitro benzene ring substituents is 1. The van der Waals surface area contributed by atoms with Gasteiger partial charge in [-0.1, -0.05) is 11.6 Å². The maximum Gasteiger partial charge on any atom is 1.00 e. The number of rotatable bonds is 4. The van der Waals surface area contributed by atoms with Gasteiger partial charge in [0.25, 0.3) is 5.69 Å². The van der Waals surface area contributed by atoms with E-state index < -0.39 is 18.4 Å². The van der Waals surface area contributed by atoms with Gasteiger partial charge in [-0.25, -0.2) is 0 Å². The number of ether oxygens (including phenoxy) is 1. The molecule has 88 valence electrons. The predicted octanol–water partition coefficient (Wildman–Crippen LogP) is 0.0176. The molecule has 0 aliphatic carbocycles. The third-order valence-corrected chi connectivity index (χ3v) is 1.85. The summed E-state index contributed by atoms with van der Waals surface area (Å²) in [6.45, 7) is -6.51. The van der Waals surface area contributed by atoms with Crippen molar-refractivity contribution >= 4 is 24.3 Å². The van der Waals surface area contributed by atoms with Gasteiger partial charge < -0.3 is 17.7 Å². The summed E-state index contributed by atoms with van der Waals surface area (Å²) in [6.07, 6.45) is 0. The van der Waals surface area contributed by atoms with Crippen LogP contribution in [-0.2, 0) is 0 Å². The largest absolute Gasteiger partial charge is 1.00 e. The summed E-state index contributed by atoms with van der Waals surface area (Å²) in [5, 5.41) is 10.1. The summed E-state index contributed by atoms with van der Waals surface area (Å²) in [5.41, 5.74) is -0.310. The summed E-state index contributed by atoms with van der Waals surface area (Å²) >= 11 is 5.51. The molecular weight excluding hydrogens is 288 g/mol. The molecule has 0 fully saturated rings. The van der Waals surface area contributed by atoms with Crippen molar-refractivity contribution < 1.29 is 74.0 Å². The van der Waals surface area contributed by atoms with Gasteiger partial charge in [0.05, 0.1) is 16.5 Å². The van der Waals surface area contributed by atoms with Crippen molar-refractivity contribution in [3.8, 4) is 5.75 Å². The molecule has 1 rings (SSSR count). The molecule has 0 heterocycles. The molecule has 0 saturated carbocycles. The van der Waals surface area contributed by atoms with Crippen molar-refractivity contribution in [2.45, 2.75) is 0 Å². The average molecular weight is 293 g/mol. The van der Waals surface area contributed by atoms with E-state index in [0.29, 0.717) is 0 Å². The Morgan fingerprint density at radius 3 is 2.41 bits per heavy atom. The summed E-state index contributed by atoms with van der Waals surface area (Å²) in [4.78, 5) is 9.61. The Bertz CT molecular complexity index is 418. The summed E-state index contributed by atoms with van der Waals surface area (Å²) in [5.74, 6) is -0.230. The molecule has 0 unspecified atom stereocenters. The van der Waals surface area contributed by atoms with Gasteiger partial charge in [0.15, 0.2) is 0 Å². The summed E-state index contributed by atoms with van der Waals surface area (Å²) in [7, 11) is 0. The van der Waals surface area contributed by atoms with E-state index in [2.05, 4.69) is 4.74 Å². The number of hydrogen-bond donors (Lipinski definition) is 0. The fourth-order valence-electron chi connectivity index (χ4n) is 0.905. The van der Waals surface area contributed by atoms with Gasteiger partial charge in [0.1, 0.15) is 5.75 Å². The predicted molar refractivity (Wildman–Crippen MR) is 52.7 cm³/mol. The van der Waals surface area contributed by atoms with Crippen LogP contribution in [0.15, 0.2) is 18.2 Å². The number of halogens is 4. The molecule has 0 bridgehead atoms. The third-order valence-electron chi connectivity index (χ3n) is 1.55. The Morgan fingerprint density at radius 2 is 2.00 bits per heavy atom. The van der Waals surface area contributed by atoms with Crippen molar-refractivity contribution in [3.05, 3.63) is 33.3 Å². The molecular formula is C7H5BClF3KNO3. The minimum atomic E-state index is -5.08. The van der Waals surface area contributed by atoms with Gasteiger partial charge in [0, 0.05) is 12.1 Å². The Hall–Kier alpha value is 0.201. The first-order chi connectivity index (χ1) is 7.29. The molecule has 0 spiro atoms. The van der Waals surface area contributed by atoms with E-state index in [9.17, 15) is 23.1 Å². The molecule has 17 heavy (non-hydrogen) atoms. The van der Waals surface area contributed by atoms with Gasteiger partial charge in [-0.3, -0.25) is 10.1 Å². The molecule has 0 aliphatic heterocycles. The molecule has 0 aromatic heterocycles. The Kier molecular flexibility index (Phi) is 7.04. The van der Waals surface area contributed by atoms with E-state index in [0.717, 1.165) is 18.2 Å². The van der Waals surface area contributed by atoms with Crippen molar-refractivity contribution in [1.29, 1.82) is 0 Å². The number of nitrogens with zero attached hydrogens (tertiary/aromatic N) is 1. The number of non-ortho nitro benzene ring substituents is 1. The van der Waals surface area contributed by atoms with Crippen molar-refractivity contribution in [1.82, 2.24) is 0 Å². The average Bonchev–Trinajstić information content (AvgIpc) is 2.14. The molecule has 10 heteroatoms. The van der Waals surface area contributed by atoms with Crippen molar-refractivity contribution in [3.63, 3.8) is 0 Å².